The van der Waals surface area contributed by atoms with Crippen LogP contribution in [0.3, 0.4) is 0 Å². The van der Waals surface area contributed by atoms with Gasteiger partial charge in [-0.3, -0.25) is 14.7 Å². The molecule has 0 aliphatic heterocycles. The maximum Gasteiger partial charge on any atom is 0.416 e. The largest absolute Gasteiger partial charge is 0.497 e. The zero-order chi connectivity index (χ0) is 25.4. The van der Waals surface area contributed by atoms with Gasteiger partial charge in [0.25, 0.3) is 5.91 Å². The van der Waals surface area contributed by atoms with E-state index >= 15 is 0 Å². The van der Waals surface area contributed by atoms with Crippen LogP contribution in [0, 0.1) is 0 Å². The molecule has 0 aliphatic carbocycles. The van der Waals surface area contributed by atoms with Crippen molar-refractivity contribution in [2.75, 3.05) is 12.0 Å². The zero-order valence-electron chi connectivity index (χ0n) is 17.8. The molecular weight excluding hydrogens is 496 g/mol. The first-order valence-corrected chi connectivity index (χ1v) is 10.7. The Kier molecular flexibility index (Phi) is 6.41. The summed E-state index contributed by atoms with van der Waals surface area (Å²) in [5, 5.41) is 0.0908. The van der Waals surface area contributed by atoms with E-state index < -0.39 is 35.0 Å². The maximum absolute atomic E-state index is 13.4. The van der Waals surface area contributed by atoms with Gasteiger partial charge in [-0.2, -0.15) is 26.3 Å². The molecule has 0 bridgehead atoms. The SMILES string of the molecule is COc1ccc2sc(N(Cc3cccnc3)C(=O)c3cc(C(F)(F)F)cc(C(F)(F)F)c3)nc2c1. The van der Waals surface area contributed by atoms with E-state index in [0.29, 0.717) is 33.7 Å². The smallest absolute Gasteiger partial charge is 0.416 e. The summed E-state index contributed by atoms with van der Waals surface area (Å²) in [7, 11) is 1.46. The van der Waals surface area contributed by atoms with Crippen molar-refractivity contribution in [2.24, 2.45) is 0 Å². The lowest BCUT2D eigenvalue weighted by Crippen LogP contribution is -2.31. The van der Waals surface area contributed by atoms with E-state index in [4.69, 9.17) is 4.74 Å². The summed E-state index contributed by atoms with van der Waals surface area (Å²) in [4.78, 5) is 22.8. The molecule has 2 aromatic heterocycles. The first kappa shape index (κ1) is 24.5. The molecule has 0 spiro atoms. The lowest BCUT2D eigenvalue weighted by molar-refractivity contribution is -0.143. The molecule has 182 valence electrons. The molecule has 0 atom stereocenters. The Morgan fingerprint density at radius 1 is 1.00 bits per heavy atom. The van der Waals surface area contributed by atoms with E-state index in [1.54, 1.807) is 30.3 Å². The van der Waals surface area contributed by atoms with E-state index in [2.05, 4.69) is 9.97 Å². The minimum atomic E-state index is -5.09. The first-order valence-electron chi connectivity index (χ1n) is 9.90. The topological polar surface area (TPSA) is 55.3 Å². The molecule has 0 fully saturated rings. The van der Waals surface area contributed by atoms with Crippen LogP contribution in [-0.4, -0.2) is 23.0 Å². The van der Waals surface area contributed by atoms with E-state index in [0.717, 1.165) is 16.2 Å². The first-order chi connectivity index (χ1) is 16.5. The number of carbonyl (C=O) groups excluding carboxylic acids is 1. The third kappa shape index (κ3) is 5.37. The second kappa shape index (κ2) is 9.17. The van der Waals surface area contributed by atoms with E-state index in [-0.39, 0.29) is 17.7 Å². The van der Waals surface area contributed by atoms with Gasteiger partial charge in [-0.25, -0.2) is 4.98 Å². The van der Waals surface area contributed by atoms with Gasteiger partial charge < -0.3 is 4.74 Å². The summed E-state index contributed by atoms with van der Waals surface area (Å²) in [5.74, 6) is -0.580. The molecular formula is C23H15F6N3O2S. The molecule has 4 aromatic rings. The number of methoxy groups -OCH3 is 1. The number of amides is 1. The van der Waals surface area contributed by atoms with Crippen molar-refractivity contribution >= 4 is 32.6 Å². The summed E-state index contributed by atoms with van der Waals surface area (Å²) < 4.78 is 86.0. The predicted molar refractivity (Wildman–Crippen MR) is 117 cm³/mol. The molecule has 5 nitrogen and oxygen atoms in total. The predicted octanol–water partition coefficient (Wildman–Crippen LogP) is 6.58. The summed E-state index contributed by atoms with van der Waals surface area (Å²) in [5.41, 5.74) is -2.97. The van der Waals surface area contributed by atoms with Crippen LogP contribution in [0.15, 0.2) is 60.9 Å². The third-order valence-corrected chi connectivity index (χ3v) is 6.02. The number of anilines is 1. The van der Waals surface area contributed by atoms with Crippen molar-refractivity contribution in [1.82, 2.24) is 9.97 Å². The zero-order valence-corrected chi connectivity index (χ0v) is 18.6. The number of alkyl halides is 6. The molecule has 2 heterocycles. The van der Waals surface area contributed by atoms with Gasteiger partial charge in [0.2, 0.25) is 0 Å². The van der Waals surface area contributed by atoms with E-state index in [1.165, 1.54) is 19.5 Å². The Balaban J connectivity index is 1.84. The number of thiazole rings is 1. The van der Waals surface area contributed by atoms with Crippen LogP contribution in [0.4, 0.5) is 31.5 Å². The Labute approximate surface area is 198 Å². The molecule has 1 amide bonds. The van der Waals surface area contributed by atoms with Crippen LogP contribution in [0.5, 0.6) is 5.75 Å². The number of fused-ring (bicyclic) bond motifs is 1. The molecule has 0 radical (unpaired) electrons. The second-order valence-electron chi connectivity index (χ2n) is 7.38. The molecule has 2 aromatic carbocycles. The Bertz CT molecular complexity index is 1340. The van der Waals surface area contributed by atoms with Crippen LogP contribution in [0.25, 0.3) is 10.2 Å². The minimum Gasteiger partial charge on any atom is -0.497 e. The summed E-state index contributed by atoms with van der Waals surface area (Å²) in [6.45, 7) is -0.179. The molecule has 0 unspecified atom stereocenters. The van der Waals surface area contributed by atoms with Gasteiger partial charge in [0, 0.05) is 24.0 Å². The van der Waals surface area contributed by atoms with Gasteiger partial charge in [-0.15, -0.1) is 0 Å². The number of pyridine rings is 1. The van der Waals surface area contributed by atoms with Crippen molar-refractivity contribution < 1.29 is 35.9 Å². The highest BCUT2D eigenvalue weighted by molar-refractivity contribution is 7.22. The van der Waals surface area contributed by atoms with Crippen molar-refractivity contribution in [3.8, 4) is 5.75 Å². The van der Waals surface area contributed by atoms with E-state index in [9.17, 15) is 31.1 Å². The third-order valence-electron chi connectivity index (χ3n) is 4.96. The number of ether oxygens (including phenoxy) is 1. The molecule has 35 heavy (non-hydrogen) atoms. The number of aromatic nitrogens is 2. The Morgan fingerprint density at radius 2 is 1.69 bits per heavy atom. The van der Waals surface area contributed by atoms with Crippen LogP contribution >= 0.6 is 11.3 Å². The molecule has 4 rings (SSSR count). The summed E-state index contributed by atoms with van der Waals surface area (Å²) in [6, 6.07) is 8.97. The number of benzene rings is 2. The lowest BCUT2D eigenvalue weighted by Gasteiger charge is -2.21. The van der Waals surface area contributed by atoms with Crippen LogP contribution < -0.4 is 9.64 Å². The minimum absolute atomic E-state index is 0.0216. The molecule has 0 saturated heterocycles. The molecule has 12 heteroatoms. The highest BCUT2D eigenvalue weighted by Crippen LogP contribution is 2.38. The normalized spacial score (nSPS) is 12.1. The molecule has 0 aliphatic rings. The van der Waals surface area contributed by atoms with Crippen LogP contribution in [0.2, 0.25) is 0 Å². The fourth-order valence-electron chi connectivity index (χ4n) is 3.27. The quantitative estimate of drug-likeness (QED) is 0.284. The van der Waals surface area contributed by atoms with Crippen molar-refractivity contribution in [1.29, 1.82) is 0 Å². The Hall–Kier alpha value is -3.67. The van der Waals surface area contributed by atoms with Gasteiger partial charge in [0.15, 0.2) is 5.13 Å². The van der Waals surface area contributed by atoms with Crippen molar-refractivity contribution in [2.45, 2.75) is 18.9 Å². The number of nitrogens with zero attached hydrogens (tertiary/aromatic N) is 3. The van der Waals surface area contributed by atoms with Crippen molar-refractivity contribution in [3.63, 3.8) is 0 Å². The number of halogens is 6. The standard InChI is InChI=1S/C23H15F6N3O2S/c1-34-17-4-5-19-18(10-17)31-21(35-19)32(12-13-3-2-6-30-11-13)20(33)14-7-15(22(24,25)26)9-16(8-14)23(27,28)29/h2-11H,12H2,1H3. The number of carbonyl (C=O) groups is 1. The van der Waals surface area contributed by atoms with Gasteiger partial charge in [-0.1, -0.05) is 17.4 Å². The summed E-state index contributed by atoms with van der Waals surface area (Å²) in [6.07, 6.45) is -7.25. The lowest BCUT2D eigenvalue weighted by atomic mass is 10.0. The monoisotopic (exact) mass is 511 g/mol. The van der Waals surface area contributed by atoms with E-state index in [1.807, 2.05) is 0 Å². The summed E-state index contributed by atoms with van der Waals surface area (Å²) >= 11 is 1.06. The van der Waals surface area contributed by atoms with Gasteiger partial charge >= 0.3 is 12.4 Å². The number of hydrogen-bond acceptors (Lipinski definition) is 5. The highest BCUT2D eigenvalue weighted by Gasteiger charge is 2.38. The average molecular weight is 511 g/mol. The Morgan fingerprint density at radius 3 is 2.26 bits per heavy atom. The number of hydrogen-bond donors (Lipinski definition) is 0. The maximum atomic E-state index is 13.4. The van der Waals surface area contributed by atoms with Crippen molar-refractivity contribution in [3.05, 3.63) is 83.2 Å². The average Bonchev–Trinajstić information content (AvgIpc) is 3.24. The van der Waals surface area contributed by atoms with Gasteiger partial charge in [-0.05, 0) is 42.0 Å². The second-order valence-corrected chi connectivity index (χ2v) is 8.39. The molecule has 0 saturated carbocycles. The number of rotatable bonds is 5. The highest BCUT2D eigenvalue weighted by atomic mass is 32.1. The fraction of sp³-hybridized carbons (Fsp3) is 0.174. The molecule has 0 N–H and O–H groups in total. The fourth-order valence-corrected chi connectivity index (χ4v) is 4.22. The van der Waals surface area contributed by atoms with Gasteiger partial charge in [0.05, 0.1) is 35.0 Å². The van der Waals surface area contributed by atoms with Gasteiger partial charge in [0.1, 0.15) is 5.75 Å². The van der Waals surface area contributed by atoms with Crippen LogP contribution in [0.1, 0.15) is 27.0 Å². The van der Waals surface area contributed by atoms with Crippen LogP contribution in [-0.2, 0) is 18.9 Å².